The smallest absolute Gasteiger partial charge is 0.306 e. The molecule has 0 aliphatic carbocycles. The minimum absolute atomic E-state index is 0.0913. The molecule has 0 saturated heterocycles. The number of hydrogen-bond donors (Lipinski definition) is 0. The van der Waals surface area contributed by atoms with Gasteiger partial charge in [0.2, 0.25) is 0 Å². The van der Waals surface area contributed by atoms with E-state index in [9.17, 15) is 4.79 Å². The summed E-state index contributed by atoms with van der Waals surface area (Å²) in [5.41, 5.74) is 0. The molecule has 5 heteroatoms. The van der Waals surface area contributed by atoms with Crippen LogP contribution in [0.2, 0.25) is 0 Å². The Morgan fingerprint density at radius 3 is 1.68 bits per heavy atom. The third-order valence-corrected chi connectivity index (χ3v) is 6.89. The topological polar surface area (TPSA) is 48.0 Å². The van der Waals surface area contributed by atoms with Crippen molar-refractivity contribution < 1.29 is 19.0 Å². The Balaban J connectivity index is 3.54. The SMILES string of the molecule is CCCCCCCC/C=C\COC(=O)CCCCCOCC(COCCCCCCCCCC)N(C)C. The second kappa shape index (κ2) is 29.6. The molecule has 0 aromatic rings. The normalized spacial score (nSPS) is 12.6. The van der Waals surface area contributed by atoms with Crippen molar-refractivity contribution in [2.75, 3.05) is 47.1 Å². The van der Waals surface area contributed by atoms with Gasteiger partial charge in [0.25, 0.3) is 0 Å². The van der Waals surface area contributed by atoms with Crippen molar-refractivity contribution in [3.63, 3.8) is 0 Å². The van der Waals surface area contributed by atoms with Crippen molar-refractivity contribution >= 4 is 5.97 Å². The van der Waals surface area contributed by atoms with Crippen LogP contribution in [0.3, 0.4) is 0 Å². The molecule has 1 atom stereocenters. The summed E-state index contributed by atoms with van der Waals surface area (Å²) in [6.45, 7) is 7.92. The van der Waals surface area contributed by atoms with Crippen LogP contribution in [-0.2, 0) is 19.0 Å². The van der Waals surface area contributed by atoms with Crippen LogP contribution in [-0.4, -0.2) is 64.0 Å². The monoisotopic (exact) mass is 525 g/mol. The Bertz CT molecular complexity index is 495. The molecule has 0 fully saturated rings. The number of carbonyl (C=O) groups excluding carboxylic acids is 1. The number of hydrogen-bond acceptors (Lipinski definition) is 5. The van der Waals surface area contributed by atoms with Gasteiger partial charge in [-0.2, -0.15) is 0 Å². The molecule has 0 aromatic carbocycles. The summed E-state index contributed by atoms with van der Waals surface area (Å²) in [7, 11) is 4.17. The fraction of sp³-hybridized carbons (Fsp3) is 0.906. The largest absolute Gasteiger partial charge is 0.461 e. The summed E-state index contributed by atoms with van der Waals surface area (Å²) in [6.07, 6.45) is 27.0. The Kier molecular flexibility index (Phi) is 28.9. The van der Waals surface area contributed by atoms with Crippen LogP contribution in [0, 0.1) is 0 Å². The molecule has 0 radical (unpaired) electrons. The highest BCUT2D eigenvalue weighted by Crippen LogP contribution is 2.09. The van der Waals surface area contributed by atoms with E-state index in [-0.39, 0.29) is 12.0 Å². The second-order valence-corrected chi connectivity index (χ2v) is 10.8. The zero-order valence-corrected chi connectivity index (χ0v) is 25.3. The van der Waals surface area contributed by atoms with Gasteiger partial charge in [0.05, 0.1) is 19.3 Å². The van der Waals surface area contributed by atoms with Gasteiger partial charge in [0.1, 0.15) is 6.61 Å². The standard InChI is InChI=1S/C32H63NO4/c1-5-7-9-11-13-15-17-19-24-28-37-32(34)25-21-20-23-27-36-30-31(33(3)4)29-35-26-22-18-16-14-12-10-8-6-2/h19,24,31H,5-18,20-23,25-30H2,1-4H3/b24-19-. The molecule has 220 valence electrons. The highest BCUT2D eigenvalue weighted by atomic mass is 16.5. The molecule has 37 heavy (non-hydrogen) atoms. The van der Waals surface area contributed by atoms with Crippen LogP contribution >= 0.6 is 0 Å². The van der Waals surface area contributed by atoms with E-state index in [0.29, 0.717) is 19.6 Å². The maximum Gasteiger partial charge on any atom is 0.306 e. The molecule has 0 aromatic heterocycles. The fourth-order valence-electron chi connectivity index (χ4n) is 4.21. The molecular formula is C32H63NO4. The van der Waals surface area contributed by atoms with Crippen LogP contribution in [0.5, 0.6) is 0 Å². The molecule has 5 nitrogen and oxygen atoms in total. The first-order valence-electron chi connectivity index (χ1n) is 15.7. The third kappa shape index (κ3) is 27.9. The molecule has 0 heterocycles. The Morgan fingerprint density at radius 1 is 0.649 bits per heavy atom. The van der Waals surface area contributed by atoms with Crippen molar-refractivity contribution in [1.29, 1.82) is 0 Å². The summed E-state index contributed by atoms with van der Waals surface area (Å²) >= 11 is 0. The summed E-state index contributed by atoms with van der Waals surface area (Å²) in [5.74, 6) is -0.0913. The molecule has 1 unspecified atom stereocenters. The number of nitrogens with zero attached hydrogens (tertiary/aromatic N) is 1. The maximum absolute atomic E-state index is 11.9. The van der Waals surface area contributed by atoms with Gasteiger partial charge in [0.15, 0.2) is 0 Å². The number of carbonyl (C=O) groups is 1. The summed E-state index contributed by atoms with van der Waals surface area (Å²) < 4.78 is 17.1. The Labute approximate surface area is 231 Å². The first kappa shape index (κ1) is 36.1. The molecular weight excluding hydrogens is 462 g/mol. The van der Waals surface area contributed by atoms with Crippen LogP contribution in [0.4, 0.5) is 0 Å². The maximum atomic E-state index is 11.9. The highest BCUT2D eigenvalue weighted by molar-refractivity contribution is 5.69. The zero-order chi connectivity index (χ0) is 27.2. The predicted octanol–water partition coefficient (Wildman–Crippen LogP) is 8.50. The van der Waals surface area contributed by atoms with Crippen molar-refractivity contribution in [2.45, 2.75) is 142 Å². The van der Waals surface area contributed by atoms with E-state index in [1.54, 1.807) is 0 Å². The Morgan fingerprint density at radius 2 is 1.14 bits per heavy atom. The molecule has 0 bridgehead atoms. The minimum atomic E-state index is -0.0913. The van der Waals surface area contributed by atoms with E-state index in [4.69, 9.17) is 14.2 Å². The molecule has 0 N–H and O–H groups in total. The van der Waals surface area contributed by atoms with E-state index >= 15 is 0 Å². The average molecular weight is 526 g/mol. The fourth-order valence-corrected chi connectivity index (χ4v) is 4.21. The van der Waals surface area contributed by atoms with Gasteiger partial charge in [-0.1, -0.05) is 109 Å². The first-order valence-corrected chi connectivity index (χ1v) is 15.7. The van der Waals surface area contributed by atoms with Crippen molar-refractivity contribution in [3.05, 3.63) is 12.2 Å². The Hall–Kier alpha value is -0.910. The molecule has 0 aliphatic rings. The summed E-state index contributed by atoms with van der Waals surface area (Å²) in [6, 6.07) is 0.290. The number of likely N-dealkylation sites (N-methyl/N-ethyl adjacent to an activating group) is 1. The molecule has 0 aliphatic heterocycles. The lowest BCUT2D eigenvalue weighted by molar-refractivity contribution is -0.142. The van der Waals surface area contributed by atoms with Crippen LogP contribution in [0.25, 0.3) is 0 Å². The molecule has 0 rings (SSSR count). The van der Waals surface area contributed by atoms with E-state index in [1.807, 2.05) is 6.08 Å². The number of unbranched alkanes of at least 4 members (excludes halogenated alkanes) is 15. The van der Waals surface area contributed by atoms with E-state index in [2.05, 4.69) is 38.9 Å². The van der Waals surface area contributed by atoms with Gasteiger partial charge in [-0.15, -0.1) is 0 Å². The van der Waals surface area contributed by atoms with Gasteiger partial charge in [0, 0.05) is 19.6 Å². The van der Waals surface area contributed by atoms with E-state index < -0.39 is 0 Å². The van der Waals surface area contributed by atoms with Crippen molar-refractivity contribution in [3.8, 4) is 0 Å². The number of allylic oxidation sites excluding steroid dienone is 1. The van der Waals surface area contributed by atoms with E-state index in [0.717, 1.165) is 51.9 Å². The lowest BCUT2D eigenvalue weighted by Gasteiger charge is -2.24. The molecule has 0 spiro atoms. The number of rotatable bonds is 29. The van der Waals surface area contributed by atoms with Crippen molar-refractivity contribution in [1.82, 2.24) is 4.90 Å². The summed E-state index contributed by atoms with van der Waals surface area (Å²) in [5, 5.41) is 0. The van der Waals surface area contributed by atoms with Gasteiger partial charge in [-0.25, -0.2) is 0 Å². The second-order valence-electron chi connectivity index (χ2n) is 10.8. The van der Waals surface area contributed by atoms with Crippen LogP contribution in [0.1, 0.15) is 136 Å². The van der Waals surface area contributed by atoms with Gasteiger partial charge in [-0.3, -0.25) is 4.79 Å². The first-order chi connectivity index (χ1) is 18.1. The quantitative estimate of drug-likeness (QED) is 0.0556. The van der Waals surface area contributed by atoms with Crippen LogP contribution < -0.4 is 0 Å². The zero-order valence-electron chi connectivity index (χ0n) is 25.3. The van der Waals surface area contributed by atoms with Gasteiger partial charge >= 0.3 is 5.97 Å². The predicted molar refractivity (Wildman–Crippen MR) is 158 cm³/mol. The number of esters is 1. The highest BCUT2D eigenvalue weighted by Gasteiger charge is 2.12. The van der Waals surface area contributed by atoms with Gasteiger partial charge < -0.3 is 19.1 Å². The number of ether oxygens (including phenoxy) is 3. The third-order valence-electron chi connectivity index (χ3n) is 6.89. The van der Waals surface area contributed by atoms with Crippen LogP contribution in [0.15, 0.2) is 12.2 Å². The average Bonchev–Trinajstić information content (AvgIpc) is 2.88. The lowest BCUT2D eigenvalue weighted by atomic mass is 10.1. The van der Waals surface area contributed by atoms with Crippen molar-refractivity contribution in [2.24, 2.45) is 0 Å². The molecule has 0 saturated carbocycles. The summed E-state index contributed by atoms with van der Waals surface area (Å²) in [4.78, 5) is 14.0. The lowest BCUT2D eigenvalue weighted by Crippen LogP contribution is -2.37. The van der Waals surface area contributed by atoms with Gasteiger partial charge in [-0.05, 0) is 46.2 Å². The van der Waals surface area contributed by atoms with E-state index in [1.165, 1.54) is 83.5 Å². The molecule has 0 amide bonds. The minimum Gasteiger partial charge on any atom is -0.461 e.